The largest absolute Gasteiger partial charge is 0.396 e. The molecule has 0 aliphatic heterocycles. The maximum atomic E-state index is 11.0. The number of hydrogen-bond donors (Lipinski definition) is 2. The number of non-ortho nitro benzene ring substituents is 1. The van der Waals surface area contributed by atoms with Crippen LogP contribution in [0.3, 0.4) is 0 Å². The molecule has 8 nitrogen and oxygen atoms in total. The van der Waals surface area contributed by atoms with Gasteiger partial charge in [-0.3, -0.25) is 20.2 Å². The molecule has 0 unspecified atom stereocenters. The van der Waals surface area contributed by atoms with Crippen molar-refractivity contribution in [3.63, 3.8) is 0 Å². The average molecular weight is 297 g/mol. The zero-order chi connectivity index (χ0) is 16.0. The monoisotopic (exact) mass is 297 g/mol. The third kappa shape index (κ3) is 5.09. The summed E-state index contributed by atoms with van der Waals surface area (Å²) in [5, 5.41) is 33.7. The van der Waals surface area contributed by atoms with E-state index in [4.69, 9.17) is 5.11 Å². The molecule has 0 radical (unpaired) electrons. The smallest absolute Gasteiger partial charge is 0.280 e. The first-order valence-electron chi connectivity index (χ1n) is 6.50. The van der Waals surface area contributed by atoms with Gasteiger partial charge in [-0.1, -0.05) is 13.8 Å². The summed E-state index contributed by atoms with van der Waals surface area (Å²) in [6.45, 7) is 4.83. The van der Waals surface area contributed by atoms with Gasteiger partial charge in [-0.25, -0.2) is 0 Å². The third-order valence-electron chi connectivity index (χ3n) is 3.18. The van der Waals surface area contributed by atoms with Crippen LogP contribution < -0.4 is 5.32 Å². The Morgan fingerprint density at radius 2 is 1.90 bits per heavy atom. The van der Waals surface area contributed by atoms with E-state index in [0.29, 0.717) is 18.5 Å². The van der Waals surface area contributed by atoms with Crippen molar-refractivity contribution in [2.24, 2.45) is 5.41 Å². The van der Waals surface area contributed by atoms with Gasteiger partial charge in [0.25, 0.3) is 11.4 Å². The van der Waals surface area contributed by atoms with E-state index >= 15 is 0 Å². The highest BCUT2D eigenvalue weighted by molar-refractivity contribution is 5.49. The summed E-state index contributed by atoms with van der Waals surface area (Å²) < 4.78 is 0. The molecule has 1 rings (SSSR count). The summed E-state index contributed by atoms with van der Waals surface area (Å²) in [4.78, 5) is 20.3. The highest BCUT2D eigenvalue weighted by atomic mass is 16.6. The Morgan fingerprint density at radius 1 is 1.24 bits per heavy atom. The molecule has 0 fully saturated rings. The molecule has 0 saturated heterocycles. The lowest BCUT2D eigenvalue weighted by atomic mass is 9.90. The molecule has 1 aromatic carbocycles. The number of nitro groups is 2. The van der Waals surface area contributed by atoms with E-state index in [2.05, 4.69) is 5.32 Å². The van der Waals surface area contributed by atoms with Crippen molar-refractivity contribution in [3.05, 3.63) is 44.0 Å². The molecule has 1 aromatic rings. The van der Waals surface area contributed by atoms with Crippen LogP contribution in [0.5, 0.6) is 0 Å². The Morgan fingerprint density at radius 3 is 2.43 bits per heavy atom. The van der Waals surface area contributed by atoms with Crippen molar-refractivity contribution in [2.45, 2.75) is 26.8 Å². The zero-order valence-corrected chi connectivity index (χ0v) is 12.0. The third-order valence-corrected chi connectivity index (χ3v) is 3.18. The number of aliphatic hydroxyl groups is 1. The van der Waals surface area contributed by atoms with Gasteiger partial charge >= 0.3 is 0 Å². The van der Waals surface area contributed by atoms with Gasteiger partial charge in [-0.05, 0) is 17.9 Å². The van der Waals surface area contributed by atoms with Gasteiger partial charge in [0.15, 0.2) is 0 Å². The Hall–Kier alpha value is -2.06. The predicted octanol–water partition coefficient (Wildman–Crippen LogP) is 2.00. The van der Waals surface area contributed by atoms with Crippen LogP contribution >= 0.6 is 0 Å². The van der Waals surface area contributed by atoms with Crippen molar-refractivity contribution in [3.8, 4) is 0 Å². The summed E-state index contributed by atoms with van der Waals surface area (Å²) in [5.74, 6) is 0. The van der Waals surface area contributed by atoms with Crippen molar-refractivity contribution >= 4 is 11.4 Å². The van der Waals surface area contributed by atoms with Gasteiger partial charge in [-0.15, -0.1) is 0 Å². The van der Waals surface area contributed by atoms with E-state index in [9.17, 15) is 20.2 Å². The lowest BCUT2D eigenvalue weighted by Gasteiger charge is -2.23. The van der Waals surface area contributed by atoms with Crippen molar-refractivity contribution in [1.82, 2.24) is 5.32 Å². The van der Waals surface area contributed by atoms with Crippen molar-refractivity contribution in [1.29, 1.82) is 0 Å². The van der Waals surface area contributed by atoms with Crippen LogP contribution in [0.4, 0.5) is 11.4 Å². The normalized spacial score (nSPS) is 11.4. The highest BCUT2D eigenvalue weighted by Crippen LogP contribution is 2.25. The first-order valence-corrected chi connectivity index (χ1v) is 6.50. The second kappa shape index (κ2) is 7.09. The number of aliphatic hydroxyl groups excluding tert-OH is 1. The van der Waals surface area contributed by atoms with E-state index in [-0.39, 0.29) is 29.9 Å². The van der Waals surface area contributed by atoms with Gasteiger partial charge in [0, 0.05) is 31.3 Å². The first kappa shape index (κ1) is 17.0. The lowest BCUT2D eigenvalue weighted by Crippen LogP contribution is -2.30. The zero-order valence-electron chi connectivity index (χ0n) is 12.0. The van der Waals surface area contributed by atoms with E-state index in [1.54, 1.807) is 0 Å². The number of nitro benzene ring substituents is 2. The summed E-state index contributed by atoms with van der Waals surface area (Å²) in [7, 11) is 0. The quantitative estimate of drug-likeness (QED) is 0.559. The van der Waals surface area contributed by atoms with Gasteiger partial charge in [0.05, 0.1) is 15.9 Å². The van der Waals surface area contributed by atoms with Crippen molar-refractivity contribution in [2.75, 3.05) is 13.2 Å². The maximum Gasteiger partial charge on any atom is 0.280 e. The molecule has 0 aliphatic rings. The van der Waals surface area contributed by atoms with Crippen LogP contribution in [0, 0.1) is 25.6 Å². The fourth-order valence-corrected chi connectivity index (χ4v) is 1.91. The predicted molar refractivity (Wildman–Crippen MR) is 76.9 cm³/mol. The molecule has 0 atom stereocenters. The Kier molecular flexibility index (Phi) is 5.74. The topological polar surface area (TPSA) is 119 Å². The molecule has 21 heavy (non-hydrogen) atoms. The Bertz CT molecular complexity index is 531. The summed E-state index contributed by atoms with van der Waals surface area (Å²) in [6.07, 6.45) is 0.613. The fourth-order valence-electron chi connectivity index (χ4n) is 1.91. The lowest BCUT2D eigenvalue weighted by molar-refractivity contribution is -0.394. The molecule has 0 saturated carbocycles. The molecule has 0 aromatic heterocycles. The number of nitrogens with zero attached hydrogens (tertiary/aromatic N) is 2. The molecule has 0 aliphatic carbocycles. The summed E-state index contributed by atoms with van der Waals surface area (Å²) in [5.41, 5.74) is -0.308. The number of hydrogen-bond acceptors (Lipinski definition) is 6. The van der Waals surface area contributed by atoms with Crippen LogP contribution in [0.15, 0.2) is 18.2 Å². The maximum absolute atomic E-state index is 11.0. The van der Waals surface area contributed by atoms with E-state index in [1.165, 1.54) is 12.1 Å². The highest BCUT2D eigenvalue weighted by Gasteiger charge is 2.20. The summed E-state index contributed by atoms with van der Waals surface area (Å²) in [6, 6.07) is 3.61. The molecular formula is C13H19N3O5. The van der Waals surface area contributed by atoms with Crippen LogP contribution in [0.2, 0.25) is 0 Å². The molecule has 0 spiro atoms. The molecule has 116 valence electrons. The minimum absolute atomic E-state index is 0.0758. The van der Waals surface area contributed by atoms with Crippen LogP contribution in [0.25, 0.3) is 0 Å². The van der Waals surface area contributed by atoms with E-state index < -0.39 is 9.85 Å². The molecule has 0 amide bonds. The van der Waals surface area contributed by atoms with Gasteiger partial charge in [0.2, 0.25) is 0 Å². The molecule has 8 heteroatoms. The van der Waals surface area contributed by atoms with Gasteiger partial charge in [-0.2, -0.15) is 0 Å². The van der Waals surface area contributed by atoms with E-state index in [1.807, 2.05) is 13.8 Å². The average Bonchev–Trinajstić information content (AvgIpc) is 2.38. The van der Waals surface area contributed by atoms with Gasteiger partial charge in [0.1, 0.15) is 0 Å². The summed E-state index contributed by atoms with van der Waals surface area (Å²) >= 11 is 0. The van der Waals surface area contributed by atoms with Gasteiger partial charge < -0.3 is 10.4 Å². The van der Waals surface area contributed by atoms with E-state index in [0.717, 1.165) is 6.07 Å². The van der Waals surface area contributed by atoms with Crippen LogP contribution in [-0.4, -0.2) is 28.1 Å². The molecule has 0 bridgehead atoms. The fraction of sp³-hybridized carbons (Fsp3) is 0.538. The van der Waals surface area contributed by atoms with Crippen LogP contribution in [-0.2, 0) is 6.54 Å². The standard InChI is InChI=1S/C13H19N3O5/c1-13(2,5-6-17)9-14-8-10-3-4-11(15(18)19)7-12(10)16(20)21/h3-4,7,14,17H,5-6,8-9H2,1-2H3. The first-order chi connectivity index (χ1) is 9.76. The van der Waals surface area contributed by atoms with Crippen LogP contribution in [0.1, 0.15) is 25.8 Å². The Balaban J connectivity index is 2.79. The number of benzene rings is 1. The number of rotatable bonds is 8. The molecule has 0 heterocycles. The SMILES string of the molecule is CC(C)(CCO)CNCc1ccc([N+](=O)[O-])cc1[N+](=O)[O-]. The second-order valence-electron chi connectivity index (χ2n) is 5.57. The molecular weight excluding hydrogens is 278 g/mol. The molecule has 2 N–H and O–H groups in total. The second-order valence-corrected chi connectivity index (χ2v) is 5.57. The number of nitrogens with one attached hydrogen (secondary N) is 1. The minimum atomic E-state index is -0.658. The minimum Gasteiger partial charge on any atom is -0.396 e. The van der Waals surface area contributed by atoms with Crippen molar-refractivity contribution < 1.29 is 15.0 Å². The Labute approximate surface area is 122 Å².